The summed E-state index contributed by atoms with van der Waals surface area (Å²) in [6, 6.07) is 6.08. The minimum absolute atomic E-state index is 0.00909. The number of hydrogen-bond acceptors (Lipinski definition) is 2. The Bertz CT molecular complexity index is 804. The predicted octanol–water partition coefficient (Wildman–Crippen LogP) is 3.59. The number of Topliss-reactive ketones (excluding diaryl/α,β-unsaturated/α-hetero) is 2. The lowest BCUT2D eigenvalue weighted by atomic mass is 9.79. The van der Waals surface area contributed by atoms with E-state index in [2.05, 4.69) is 22.0 Å². The molecule has 2 aromatic rings. The number of ketones is 2. The quantitative estimate of drug-likeness (QED) is 0.692. The topological polar surface area (TPSA) is 39.1 Å². The predicted molar refractivity (Wildman–Crippen MR) is 80.0 cm³/mol. The van der Waals surface area contributed by atoms with Crippen molar-refractivity contribution in [3.8, 4) is 0 Å². The molecular weight excluding hydrogens is 318 g/mol. The molecule has 0 unspecified atom stereocenters. The molecule has 1 fully saturated rings. The van der Waals surface area contributed by atoms with E-state index in [0.29, 0.717) is 6.42 Å². The van der Waals surface area contributed by atoms with Crippen LogP contribution in [-0.2, 0) is 11.8 Å². The Morgan fingerprint density at radius 1 is 1.35 bits per heavy atom. The maximum absolute atomic E-state index is 12.8. The molecule has 4 heteroatoms. The molecule has 3 nitrogen and oxygen atoms in total. The average molecular weight is 332 g/mol. The third-order valence-electron chi connectivity index (χ3n) is 5.17. The molecule has 0 bridgehead atoms. The van der Waals surface area contributed by atoms with Crippen molar-refractivity contribution in [1.29, 1.82) is 0 Å². The van der Waals surface area contributed by atoms with Crippen LogP contribution in [0.5, 0.6) is 0 Å². The van der Waals surface area contributed by atoms with Crippen molar-refractivity contribution in [3.63, 3.8) is 0 Å². The monoisotopic (exact) mass is 331 g/mol. The molecule has 0 radical (unpaired) electrons. The van der Waals surface area contributed by atoms with Crippen LogP contribution in [0.25, 0.3) is 10.9 Å². The Kier molecular flexibility index (Phi) is 2.23. The van der Waals surface area contributed by atoms with Gasteiger partial charge in [0, 0.05) is 34.8 Å². The molecule has 102 valence electrons. The number of hydrogen-bond donors (Lipinski definition) is 0. The first-order valence-electron chi connectivity index (χ1n) is 6.82. The van der Waals surface area contributed by atoms with E-state index in [4.69, 9.17) is 0 Å². The molecule has 0 saturated heterocycles. The standard InChI is InChI=1S/C16H14BrNO2/c1-16-10(4-6-12(16)19)13-9-7-8(17)3-5-11(9)18(2)14(13)15(16)20/h3,5,7,10H,4,6H2,1-2H3/t10-,16+/m0/s1. The van der Waals surface area contributed by atoms with Crippen molar-refractivity contribution in [2.24, 2.45) is 12.5 Å². The summed E-state index contributed by atoms with van der Waals surface area (Å²) in [5.41, 5.74) is 2.06. The van der Waals surface area contributed by atoms with E-state index in [0.717, 1.165) is 33.1 Å². The molecule has 2 aliphatic rings. The lowest BCUT2D eigenvalue weighted by molar-refractivity contribution is -0.123. The van der Waals surface area contributed by atoms with Crippen LogP contribution in [-0.4, -0.2) is 16.1 Å². The van der Waals surface area contributed by atoms with Crippen molar-refractivity contribution < 1.29 is 9.59 Å². The summed E-state index contributed by atoms with van der Waals surface area (Å²) in [7, 11) is 1.92. The number of nitrogens with zero attached hydrogens (tertiary/aromatic N) is 1. The Morgan fingerprint density at radius 3 is 2.85 bits per heavy atom. The largest absolute Gasteiger partial charge is 0.341 e. The Balaban J connectivity index is 2.12. The van der Waals surface area contributed by atoms with Crippen LogP contribution >= 0.6 is 15.9 Å². The fourth-order valence-corrected chi connectivity index (χ4v) is 4.42. The summed E-state index contributed by atoms with van der Waals surface area (Å²) < 4.78 is 2.96. The van der Waals surface area contributed by atoms with Gasteiger partial charge in [0.05, 0.1) is 11.1 Å². The summed E-state index contributed by atoms with van der Waals surface area (Å²) in [5, 5.41) is 1.11. The zero-order chi connectivity index (χ0) is 14.2. The molecule has 1 aromatic carbocycles. The molecule has 2 atom stereocenters. The first-order valence-corrected chi connectivity index (χ1v) is 7.61. The molecule has 1 saturated carbocycles. The van der Waals surface area contributed by atoms with Gasteiger partial charge in [-0.2, -0.15) is 0 Å². The average Bonchev–Trinajstić information content (AvgIpc) is 2.94. The number of aryl methyl sites for hydroxylation is 1. The third kappa shape index (κ3) is 1.17. The van der Waals surface area contributed by atoms with Gasteiger partial charge in [0.25, 0.3) is 0 Å². The lowest BCUT2D eigenvalue weighted by Crippen LogP contribution is -2.32. The minimum atomic E-state index is -0.821. The fraction of sp³-hybridized carbons (Fsp3) is 0.375. The van der Waals surface area contributed by atoms with Crippen LogP contribution < -0.4 is 0 Å². The van der Waals surface area contributed by atoms with Crippen molar-refractivity contribution in [2.75, 3.05) is 0 Å². The number of fused-ring (bicyclic) bond motifs is 5. The summed E-state index contributed by atoms with van der Waals surface area (Å²) in [5.74, 6) is 0.164. The molecular formula is C16H14BrNO2. The highest BCUT2D eigenvalue weighted by molar-refractivity contribution is 9.10. The van der Waals surface area contributed by atoms with Crippen LogP contribution in [0.2, 0.25) is 0 Å². The van der Waals surface area contributed by atoms with E-state index in [9.17, 15) is 9.59 Å². The Morgan fingerprint density at radius 2 is 2.10 bits per heavy atom. The maximum Gasteiger partial charge on any atom is 0.193 e. The summed E-state index contributed by atoms with van der Waals surface area (Å²) >= 11 is 3.50. The first-order chi connectivity index (χ1) is 9.46. The van der Waals surface area contributed by atoms with Crippen molar-refractivity contribution in [2.45, 2.75) is 25.7 Å². The van der Waals surface area contributed by atoms with Crippen LogP contribution in [0, 0.1) is 5.41 Å². The summed E-state index contributed by atoms with van der Waals surface area (Å²) in [6.45, 7) is 1.83. The fourth-order valence-electron chi connectivity index (χ4n) is 4.05. The molecule has 2 aliphatic carbocycles. The molecule has 0 aliphatic heterocycles. The van der Waals surface area contributed by atoms with Gasteiger partial charge in [0.15, 0.2) is 5.78 Å². The number of carbonyl (C=O) groups is 2. The van der Waals surface area contributed by atoms with Gasteiger partial charge in [-0.1, -0.05) is 15.9 Å². The third-order valence-corrected chi connectivity index (χ3v) is 5.67. The number of benzene rings is 1. The highest BCUT2D eigenvalue weighted by Crippen LogP contribution is 2.57. The van der Waals surface area contributed by atoms with E-state index in [1.807, 2.05) is 30.7 Å². The van der Waals surface area contributed by atoms with E-state index in [1.54, 1.807) is 0 Å². The minimum Gasteiger partial charge on any atom is -0.341 e. The number of rotatable bonds is 0. The van der Waals surface area contributed by atoms with E-state index >= 15 is 0 Å². The SMILES string of the molecule is Cn1c2c(c3cc(Br)ccc31)[C@@H]1CCC(=O)[C@]1(C)C2=O. The molecule has 0 amide bonds. The number of carbonyl (C=O) groups excluding carboxylic acids is 2. The Hall–Kier alpha value is -1.42. The lowest BCUT2D eigenvalue weighted by Gasteiger charge is -2.21. The zero-order valence-electron chi connectivity index (χ0n) is 11.4. The Labute approximate surface area is 125 Å². The van der Waals surface area contributed by atoms with Crippen molar-refractivity contribution in [1.82, 2.24) is 4.57 Å². The van der Waals surface area contributed by atoms with Crippen LogP contribution in [0.4, 0.5) is 0 Å². The molecule has 1 heterocycles. The second-order valence-corrected chi connectivity index (χ2v) is 6.94. The number of aromatic nitrogens is 1. The van der Waals surface area contributed by atoms with E-state index in [1.165, 1.54) is 0 Å². The molecule has 0 N–H and O–H groups in total. The van der Waals surface area contributed by atoms with Gasteiger partial charge in [-0.3, -0.25) is 9.59 Å². The van der Waals surface area contributed by atoms with Crippen molar-refractivity contribution >= 4 is 38.4 Å². The maximum atomic E-state index is 12.8. The zero-order valence-corrected chi connectivity index (χ0v) is 13.0. The highest BCUT2D eigenvalue weighted by Gasteiger charge is 2.59. The molecule has 20 heavy (non-hydrogen) atoms. The van der Waals surface area contributed by atoms with Gasteiger partial charge in [0.2, 0.25) is 0 Å². The number of halogens is 1. The first kappa shape index (κ1) is 12.3. The van der Waals surface area contributed by atoms with Gasteiger partial charge < -0.3 is 4.57 Å². The smallest absolute Gasteiger partial charge is 0.193 e. The van der Waals surface area contributed by atoms with E-state index < -0.39 is 5.41 Å². The molecule has 1 aromatic heterocycles. The van der Waals surface area contributed by atoms with E-state index in [-0.39, 0.29) is 17.5 Å². The van der Waals surface area contributed by atoms with Gasteiger partial charge >= 0.3 is 0 Å². The summed E-state index contributed by atoms with van der Waals surface area (Å²) in [4.78, 5) is 25.1. The molecule has 0 spiro atoms. The molecule has 4 rings (SSSR count). The van der Waals surface area contributed by atoms with Gasteiger partial charge in [-0.05, 0) is 37.1 Å². The van der Waals surface area contributed by atoms with Crippen LogP contribution in [0.3, 0.4) is 0 Å². The highest BCUT2D eigenvalue weighted by atomic mass is 79.9. The van der Waals surface area contributed by atoms with Gasteiger partial charge in [-0.15, -0.1) is 0 Å². The second-order valence-electron chi connectivity index (χ2n) is 6.03. The van der Waals surface area contributed by atoms with Crippen LogP contribution in [0.1, 0.15) is 41.7 Å². The van der Waals surface area contributed by atoms with Crippen molar-refractivity contribution in [3.05, 3.63) is 33.9 Å². The summed E-state index contributed by atoms with van der Waals surface area (Å²) in [6.07, 6.45) is 1.32. The van der Waals surface area contributed by atoms with Gasteiger partial charge in [-0.25, -0.2) is 0 Å². The second kappa shape index (κ2) is 3.61. The normalized spacial score (nSPS) is 28.2. The van der Waals surface area contributed by atoms with Crippen LogP contribution in [0.15, 0.2) is 22.7 Å². The van der Waals surface area contributed by atoms with Gasteiger partial charge in [0.1, 0.15) is 5.78 Å².